The number of fused-ring (bicyclic) bond motifs is 1. The second kappa shape index (κ2) is 13.1. The van der Waals surface area contributed by atoms with Crippen LogP contribution in [-0.4, -0.2) is 42.8 Å². The van der Waals surface area contributed by atoms with Crippen molar-refractivity contribution in [1.29, 1.82) is 0 Å². The van der Waals surface area contributed by atoms with Crippen molar-refractivity contribution < 1.29 is 33.3 Å². The Labute approximate surface area is 236 Å². The first kappa shape index (κ1) is 27.8. The second-order valence-corrected chi connectivity index (χ2v) is 9.51. The van der Waals surface area contributed by atoms with E-state index in [-0.39, 0.29) is 34.8 Å². The Bertz CT molecular complexity index is 1610. The maximum Gasteiger partial charge on any atom is 0.336 e. The molecular formula is C32H29NO8. The summed E-state index contributed by atoms with van der Waals surface area (Å²) in [5.41, 5.74) is 1.19. The summed E-state index contributed by atoms with van der Waals surface area (Å²) in [6.45, 7) is 1.50. The van der Waals surface area contributed by atoms with Crippen LogP contribution in [0.25, 0.3) is 22.3 Å². The number of ether oxygens (including phenoxy) is 3. The van der Waals surface area contributed by atoms with Gasteiger partial charge in [-0.25, -0.2) is 9.59 Å². The standard InChI is InChI=1S/C32H29NO8/c34-23(20-33-16-15-21-8-3-1-4-9-21)12-7-17-38-24-18-25-29-26(19-24)40-31(22-10-5-2-6-11-22)32(30(29)37)41-28(36)14-13-27(35)39-25/h1-6,8-11,13-14,18-19,23,33-34H,7,12,15-17,20H2/b14-13-. The molecule has 1 atom stereocenters. The van der Waals surface area contributed by atoms with Crippen molar-refractivity contribution >= 4 is 22.9 Å². The number of carbonyl (C=O) groups excluding carboxylic acids is 2. The van der Waals surface area contributed by atoms with Crippen LogP contribution in [0.4, 0.5) is 0 Å². The van der Waals surface area contributed by atoms with Gasteiger partial charge >= 0.3 is 11.9 Å². The summed E-state index contributed by atoms with van der Waals surface area (Å²) in [7, 11) is 0. The Morgan fingerprint density at radius 2 is 1.59 bits per heavy atom. The number of carbonyl (C=O) groups is 2. The minimum absolute atomic E-state index is 0.0551. The van der Waals surface area contributed by atoms with E-state index < -0.39 is 23.5 Å². The average Bonchev–Trinajstić information content (AvgIpc) is 2.98. The molecule has 1 aliphatic rings. The van der Waals surface area contributed by atoms with Crippen LogP contribution in [0.5, 0.6) is 17.2 Å². The van der Waals surface area contributed by atoms with E-state index in [1.165, 1.54) is 17.7 Å². The molecular weight excluding hydrogens is 526 g/mol. The quantitative estimate of drug-likeness (QED) is 0.159. The molecule has 2 heterocycles. The highest BCUT2D eigenvalue weighted by molar-refractivity contribution is 5.98. The van der Waals surface area contributed by atoms with Crippen LogP contribution < -0.4 is 25.0 Å². The summed E-state index contributed by atoms with van der Waals surface area (Å²) in [4.78, 5) is 38.0. The number of benzene rings is 3. The molecule has 1 unspecified atom stereocenters. The molecule has 1 aromatic heterocycles. The fourth-order valence-corrected chi connectivity index (χ4v) is 4.45. The van der Waals surface area contributed by atoms with Gasteiger partial charge in [-0.3, -0.25) is 4.79 Å². The maximum absolute atomic E-state index is 13.5. The van der Waals surface area contributed by atoms with Crippen LogP contribution in [0.15, 0.2) is 94.2 Å². The summed E-state index contributed by atoms with van der Waals surface area (Å²) in [5.74, 6) is -1.80. The number of aliphatic hydroxyl groups excluding tert-OH is 1. The van der Waals surface area contributed by atoms with E-state index in [9.17, 15) is 19.5 Å². The summed E-state index contributed by atoms with van der Waals surface area (Å²) >= 11 is 0. The van der Waals surface area contributed by atoms with Crippen molar-refractivity contribution in [2.24, 2.45) is 0 Å². The highest BCUT2D eigenvalue weighted by Crippen LogP contribution is 2.37. The van der Waals surface area contributed by atoms with Gasteiger partial charge in [-0.2, -0.15) is 0 Å². The highest BCUT2D eigenvalue weighted by Gasteiger charge is 2.25. The number of aliphatic hydroxyl groups is 1. The van der Waals surface area contributed by atoms with Crippen molar-refractivity contribution in [3.05, 3.63) is 101 Å². The number of nitrogens with one attached hydrogen (secondary N) is 1. The van der Waals surface area contributed by atoms with E-state index in [0.717, 1.165) is 25.1 Å². The topological polar surface area (TPSA) is 124 Å². The van der Waals surface area contributed by atoms with E-state index in [0.29, 0.717) is 30.7 Å². The Balaban J connectivity index is 1.29. The number of esters is 2. The van der Waals surface area contributed by atoms with E-state index in [1.54, 1.807) is 30.3 Å². The fourth-order valence-electron chi connectivity index (χ4n) is 4.45. The minimum Gasteiger partial charge on any atom is -0.493 e. The number of hydrogen-bond acceptors (Lipinski definition) is 9. The van der Waals surface area contributed by atoms with Gasteiger partial charge in [0.1, 0.15) is 22.5 Å². The maximum atomic E-state index is 13.5. The Morgan fingerprint density at radius 1 is 0.878 bits per heavy atom. The normalized spacial score (nSPS) is 14.4. The lowest BCUT2D eigenvalue weighted by atomic mass is 10.1. The minimum atomic E-state index is -0.914. The van der Waals surface area contributed by atoms with Gasteiger partial charge in [0.05, 0.1) is 12.7 Å². The van der Waals surface area contributed by atoms with Crippen molar-refractivity contribution in [2.75, 3.05) is 19.7 Å². The molecule has 1 aliphatic heterocycles. The summed E-state index contributed by atoms with van der Waals surface area (Å²) in [5, 5.41) is 13.5. The van der Waals surface area contributed by atoms with Gasteiger partial charge in [-0.05, 0) is 31.4 Å². The summed E-state index contributed by atoms with van der Waals surface area (Å²) in [6.07, 6.45) is 3.23. The largest absolute Gasteiger partial charge is 0.493 e. The van der Waals surface area contributed by atoms with Crippen LogP contribution in [-0.2, 0) is 16.0 Å². The molecule has 9 nitrogen and oxygen atoms in total. The lowest BCUT2D eigenvalue weighted by Crippen LogP contribution is -2.28. The summed E-state index contributed by atoms with van der Waals surface area (Å²) in [6, 6.07) is 21.8. The predicted molar refractivity (Wildman–Crippen MR) is 152 cm³/mol. The van der Waals surface area contributed by atoms with Crippen LogP contribution in [0, 0.1) is 0 Å². The van der Waals surface area contributed by atoms with Gasteiger partial charge in [0.15, 0.2) is 5.76 Å². The zero-order valence-corrected chi connectivity index (χ0v) is 22.2. The zero-order valence-electron chi connectivity index (χ0n) is 22.2. The third kappa shape index (κ3) is 7.08. The van der Waals surface area contributed by atoms with Gasteiger partial charge < -0.3 is 29.1 Å². The molecule has 9 heteroatoms. The molecule has 210 valence electrons. The van der Waals surface area contributed by atoms with Crippen molar-refractivity contribution in [2.45, 2.75) is 25.4 Å². The predicted octanol–water partition coefficient (Wildman–Crippen LogP) is 4.19. The first-order valence-electron chi connectivity index (χ1n) is 13.4. The van der Waals surface area contributed by atoms with Crippen molar-refractivity contribution in [3.63, 3.8) is 0 Å². The Kier molecular flexibility index (Phi) is 8.88. The fraction of sp³-hybridized carbons (Fsp3) is 0.219. The van der Waals surface area contributed by atoms with Crippen LogP contribution in [0.2, 0.25) is 0 Å². The van der Waals surface area contributed by atoms with Crippen LogP contribution >= 0.6 is 0 Å². The molecule has 0 aliphatic carbocycles. The third-order valence-electron chi connectivity index (χ3n) is 6.46. The van der Waals surface area contributed by atoms with Crippen LogP contribution in [0.3, 0.4) is 0 Å². The van der Waals surface area contributed by atoms with Crippen molar-refractivity contribution in [3.8, 4) is 28.6 Å². The van der Waals surface area contributed by atoms with Gasteiger partial charge in [-0.15, -0.1) is 0 Å². The lowest BCUT2D eigenvalue weighted by molar-refractivity contribution is -0.131. The second-order valence-electron chi connectivity index (χ2n) is 9.51. The molecule has 0 fully saturated rings. The first-order chi connectivity index (χ1) is 20.0. The average molecular weight is 556 g/mol. The molecule has 0 amide bonds. The van der Waals surface area contributed by atoms with E-state index in [1.807, 2.05) is 18.2 Å². The molecule has 4 aromatic rings. The lowest BCUT2D eigenvalue weighted by Gasteiger charge is -2.15. The number of rotatable bonds is 11. The van der Waals surface area contributed by atoms with Gasteiger partial charge in [0.25, 0.3) is 0 Å². The molecule has 0 radical (unpaired) electrons. The third-order valence-corrected chi connectivity index (χ3v) is 6.46. The molecule has 0 saturated heterocycles. The Morgan fingerprint density at radius 3 is 2.34 bits per heavy atom. The Hall–Kier alpha value is -4.73. The number of hydrogen-bond donors (Lipinski definition) is 2. The zero-order chi connectivity index (χ0) is 28.6. The highest BCUT2D eigenvalue weighted by atomic mass is 16.6. The van der Waals surface area contributed by atoms with Crippen molar-refractivity contribution in [1.82, 2.24) is 5.32 Å². The monoisotopic (exact) mass is 555 g/mol. The smallest absolute Gasteiger partial charge is 0.336 e. The first-order valence-corrected chi connectivity index (χ1v) is 13.4. The molecule has 2 N–H and O–H groups in total. The van der Waals surface area contributed by atoms with E-state index in [4.69, 9.17) is 18.6 Å². The molecule has 3 aromatic carbocycles. The van der Waals surface area contributed by atoms with Gasteiger partial charge in [0, 0.05) is 36.4 Å². The molecule has 41 heavy (non-hydrogen) atoms. The van der Waals surface area contributed by atoms with Gasteiger partial charge in [-0.1, -0.05) is 60.7 Å². The SMILES string of the molecule is O=C1/C=C\C(=O)Oc2cc(OCCCC(O)CNCCc3ccccc3)cc3oc(-c4ccccc4)c(c(=O)c23)O1. The van der Waals surface area contributed by atoms with E-state index >= 15 is 0 Å². The van der Waals surface area contributed by atoms with Crippen LogP contribution in [0.1, 0.15) is 18.4 Å². The molecule has 2 bridgehead atoms. The molecule has 5 rings (SSSR count). The molecule has 0 saturated carbocycles. The summed E-state index contributed by atoms with van der Waals surface area (Å²) < 4.78 is 22.6. The van der Waals surface area contributed by atoms with E-state index in [2.05, 4.69) is 17.4 Å². The van der Waals surface area contributed by atoms with Gasteiger partial charge in [0.2, 0.25) is 11.2 Å². The molecule has 0 spiro atoms.